The number of hydrogen-bond donors (Lipinski definition) is 1. The SMILES string of the molecule is [2H]C(C)(C)c1ccc(-c2cc[n+]([CH2-])c(-c3[c-]c(-c4cccc5c4nc(-c4cc(C(C)(C)C)cc(C(C)(C)C)c4O)n5-c4ccc(C(C)(C)C(C)(C)C)cc4-c4ccccc4)cc(C(C)(C)C)c3)c2)cc1.[Pt+2]. The Morgan fingerprint density at radius 3 is 1.81 bits per heavy atom. The van der Waals surface area contributed by atoms with Gasteiger partial charge in [-0.25, -0.2) is 4.98 Å². The zero-order chi connectivity index (χ0) is 51.1. The smallest absolute Gasteiger partial charge is 0.507 e. The van der Waals surface area contributed by atoms with Gasteiger partial charge in [-0.05, 0) is 103 Å². The van der Waals surface area contributed by atoms with Crippen molar-refractivity contribution in [2.45, 2.75) is 138 Å². The minimum atomic E-state index is -0.681. The molecule has 0 atom stereocenters. The monoisotopic (exact) mass is 1110 g/mol. The Balaban J connectivity index is 0.00000741. The normalized spacial score (nSPS) is 13.1. The maximum Gasteiger partial charge on any atom is 2.00 e. The number of imidazole rings is 1. The Labute approximate surface area is 436 Å². The number of nitrogens with zero attached hydrogens (tertiary/aromatic N) is 3. The van der Waals surface area contributed by atoms with Crippen LogP contribution in [0.15, 0.2) is 134 Å². The van der Waals surface area contributed by atoms with Gasteiger partial charge in [-0.3, -0.25) is 4.57 Å². The summed E-state index contributed by atoms with van der Waals surface area (Å²) >= 11 is 0. The van der Waals surface area contributed by atoms with E-state index in [1.807, 2.05) is 24.6 Å². The van der Waals surface area contributed by atoms with Gasteiger partial charge < -0.3 is 9.67 Å². The van der Waals surface area contributed by atoms with E-state index in [0.717, 1.165) is 83.6 Å². The number of pyridine rings is 1. The van der Waals surface area contributed by atoms with E-state index in [-0.39, 0.29) is 53.9 Å². The molecule has 0 radical (unpaired) electrons. The molecule has 0 spiro atoms. The van der Waals surface area contributed by atoms with E-state index < -0.39 is 5.89 Å². The summed E-state index contributed by atoms with van der Waals surface area (Å²) in [4.78, 5) is 5.73. The Hall–Kier alpha value is -5.70. The van der Waals surface area contributed by atoms with Crippen molar-refractivity contribution in [3.63, 3.8) is 0 Å². The van der Waals surface area contributed by atoms with Crippen LogP contribution in [0.5, 0.6) is 5.75 Å². The molecule has 0 fully saturated rings. The summed E-state index contributed by atoms with van der Waals surface area (Å²) in [5, 5.41) is 12.7. The molecule has 0 unspecified atom stereocenters. The summed E-state index contributed by atoms with van der Waals surface area (Å²) in [6.45, 7) is 35.4. The average molecular weight is 1110 g/mol. The molecule has 0 aliphatic carbocycles. The van der Waals surface area contributed by atoms with Crippen LogP contribution in [0.2, 0.25) is 0 Å². The molecule has 0 aliphatic rings. The first-order chi connectivity index (χ1) is 32.4. The molecule has 6 aromatic carbocycles. The van der Waals surface area contributed by atoms with Gasteiger partial charge in [0.1, 0.15) is 17.3 Å². The van der Waals surface area contributed by atoms with E-state index in [2.05, 4.69) is 242 Å². The minimum Gasteiger partial charge on any atom is -0.507 e. The fourth-order valence-corrected chi connectivity index (χ4v) is 9.18. The van der Waals surface area contributed by atoms with Gasteiger partial charge in [0.05, 0.1) is 28.5 Å². The van der Waals surface area contributed by atoms with Crippen LogP contribution >= 0.6 is 0 Å². The largest absolute Gasteiger partial charge is 2.00 e. The van der Waals surface area contributed by atoms with E-state index in [4.69, 9.17) is 6.35 Å². The van der Waals surface area contributed by atoms with Crippen LogP contribution in [0.4, 0.5) is 0 Å². The van der Waals surface area contributed by atoms with Gasteiger partial charge in [0.25, 0.3) is 0 Å². The number of fused-ring (bicyclic) bond motifs is 1. The Morgan fingerprint density at radius 1 is 0.600 bits per heavy atom. The summed E-state index contributed by atoms with van der Waals surface area (Å²) < 4.78 is 12.8. The molecule has 8 aromatic rings. The third-order valence-corrected chi connectivity index (χ3v) is 14.8. The van der Waals surface area contributed by atoms with Crippen LogP contribution in [0.3, 0.4) is 0 Å². The quantitative estimate of drug-likeness (QED) is 0.122. The number of phenols is 1. The summed E-state index contributed by atoms with van der Waals surface area (Å²) in [6, 6.07) is 49.4. The van der Waals surface area contributed by atoms with Gasteiger partial charge in [0.2, 0.25) is 0 Å². The van der Waals surface area contributed by atoms with Gasteiger partial charge in [0.15, 0.2) is 0 Å². The molecule has 4 nitrogen and oxygen atoms in total. The molecule has 8 rings (SSSR count). The van der Waals surface area contributed by atoms with Crippen molar-refractivity contribution in [1.82, 2.24) is 9.55 Å². The van der Waals surface area contributed by atoms with Crippen LogP contribution in [0, 0.1) is 18.5 Å². The fourth-order valence-electron chi connectivity index (χ4n) is 9.18. The molecule has 0 amide bonds. The molecule has 5 heteroatoms. The molecule has 0 saturated carbocycles. The van der Waals surface area contributed by atoms with E-state index in [9.17, 15) is 5.11 Å². The van der Waals surface area contributed by atoms with E-state index >= 15 is 0 Å². The fraction of sp³-hybridized carbons (Fsp3) is 0.338. The molecule has 2 heterocycles. The van der Waals surface area contributed by atoms with E-state index in [0.29, 0.717) is 11.4 Å². The van der Waals surface area contributed by atoms with Crippen LogP contribution in [0.25, 0.3) is 72.7 Å². The molecule has 70 heavy (non-hydrogen) atoms. The third-order valence-electron chi connectivity index (χ3n) is 14.8. The van der Waals surface area contributed by atoms with E-state index in [1.165, 1.54) is 5.56 Å². The van der Waals surface area contributed by atoms with Gasteiger partial charge in [-0.15, -0.1) is 29.3 Å². The zero-order valence-electron chi connectivity index (χ0n) is 45.5. The summed E-state index contributed by atoms with van der Waals surface area (Å²) in [6.07, 6.45) is 2.02. The summed E-state index contributed by atoms with van der Waals surface area (Å²) in [7, 11) is 4.46. The van der Waals surface area contributed by atoms with Crippen molar-refractivity contribution in [3.8, 4) is 67.5 Å². The van der Waals surface area contributed by atoms with E-state index in [1.54, 1.807) is 0 Å². The Kier molecular flexibility index (Phi) is 13.6. The number of aromatic nitrogens is 3. The first-order valence-corrected chi connectivity index (χ1v) is 24.6. The molecular weight excluding hydrogens is 1030 g/mol. The minimum absolute atomic E-state index is 0. The van der Waals surface area contributed by atoms with Crippen molar-refractivity contribution in [1.29, 1.82) is 0 Å². The average Bonchev–Trinajstić information content (AvgIpc) is 3.67. The van der Waals surface area contributed by atoms with Crippen LogP contribution in [-0.2, 0) is 42.7 Å². The van der Waals surface area contributed by atoms with Crippen molar-refractivity contribution >= 4 is 11.0 Å². The predicted molar refractivity (Wildman–Crippen MR) is 292 cm³/mol. The second-order valence-electron chi connectivity index (χ2n) is 24.1. The molecule has 0 aliphatic heterocycles. The maximum absolute atomic E-state index is 12.7. The number of phenolic OH excluding ortho intramolecular Hbond substituents is 1. The Morgan fingerprint density at radius 2 is 1.21 bits per heavy atom. The molecule has 1 N–H and O–H groups in total. The Bertz CT molecular complexity index is 3250. The standard InChI is InChI=1S/C65H74N3O.Pt/c1-41(2)42-26-28-43(29-27-42)45-32-33-67(17)57(37-45)47-34-46(35-49(36-47)61(3,4)5)51-24-21-25-56-58(51)66-60(53-39-50(62(6,7)8)40-54(59(53)69)63(9,10)11)68(56)55-31-30-48(65(15,16)64(12,13)14)38-52(55)44-22-19-18-20-23-44;/h18-33,35-41,69H,17H2,1-16H3;/q-1;+2/i41D;. The van der Waals surface area contributed by atoms with Crippen molar-refractivity contribution in [2.75, 3.05) is 0 Å². The number of rotatable bonds is 8. The molecule has 364 valence electrons. The predicted octanol–water partition coefficient (Wildman–Crippen LogP) is 17.1. The van der Waals surface area contributed by atoms with Gasteiger partial charge in [-0.2, -0.15) is 0 Å². The first kappa shape index (κ1) is 50.7. The topological polar surface area (TPSA) is 41.9 Å². The second-order valence-corrected chi connectivity index (χ2v) is 24.1. The van der Waals surface area contributed by atoms with Crippen LogP contribution < -0.4 is 4.57 Å². The molecule has 0 saturated heterocycles. The number of para-hydroxylation sites is 1. The number of hydrogen-bond acceptors (Lipinski definition) is 2. The summed E-state index contributed by atoms with van der Waals surface area (Å²) in [5.41, 5.74) is 15.9. The van der Waals surface area contributed by atoms with Crippen molar-refractivity contribution in [3.05, 3.63) is 175 Å². The van der Waals surface area contributed by atoms with Gasteiger partial charge in [-0.1, -0.05) is 201 Å². The summed E-state index contributed by atoms with van der Waals surface area (Å²) in [5.74, 6) is 0.234. The first-order valence-electron chi connectivity index (χ1n) is 25.1. The second kappa shape index (κ2) is 18.8. The van der Waals surface area contributed by atoms with Crippen molar-refractivity contribution < 1.29 is 32.1 Å². The van der Waals surface area contributed by atoms with Gasteiger partial charge in [0, 0.05) is 19.5 Å². The van der Waals surface area contributed by atoms with Gasteiger partial charge >= 0.3 is 21.1 Å². The number of benzene rings is 6. The molecular formula is C65H74N3OPt+. The maximum atomic E-state index is 12.7. The molecule has 2 aromatic heterocycles. The molecule has 0 bridgehead atoms. The third kappa shape index (κ3) is 9.96. The zero-order valence-corrected chi connectivity index (χ0v) is 46.8. The van der Waals surface area contributed by atoms with Crippen LogP contribution in [0.1, 0.15) is 146 Å². The van der Waals surface area contributed by atoms with Crippen LogP contribution in [-0.4, -0.2) is 14.7 Å². The van der Waals surface area contributed by atoms with Crippen molar-refractivity contribution in [2.24, 2.45) is 5.41 Å². The number of aromatic hydroxyl groups is 1.